The molecule has 8 heteroatoms. The van der Waals surface area contributed by atoms with E-state index in [-0.39, 0.29) is 24.1 Å². The van der Waals surface area contributed by atoms with Crippen molar-refractivity contribution < 1.29 is 9.18 Å². The summed E-state index contributed by atoms with van der Waals surface area (Å²) in [6, 6.07) is 12.5. The molecular weight excluding hydrogens is 417 g/mol. The van der Waals surface area contributed by atoms with Crippen LogP contribution in [0.4, 0.5) is 9.52 Å². The molecule has 0 spiro atoms. The van der Waals surface area contributed by atoms with Crippen molar-refractivity contribution in [2.24, 2.45) is 0 Å². The van der Waals surface area contributed by atoms with Crippen LogP contribution in [0.5, 0.6) is 0 Å². The number of thiazole rings is 1. The Morgan fingerprint density at radius 3 is 2.46 bits per heavy atom. The number of thioether (sulfide) groups is 1. The molecule has 0 aliphatic carbocycles. The van der Waals surface area contributed by atoms with Crippen molar-refractivity contribution in [1.29, 1.82) is 0 Å². The summed E-state index contributed by atoms with van der Waals surface area (Å²) in [7, 11) is 3.91. The van der Waals surface area contributed by atoms with Crippen molar-refractivity contribution in [2.75, 3.05) is 37.8 Å². The van der Waals surface area contributed by atoms with Gasteiger partial charge in [-0.3, -0.25) is 9.69 Å². The number of benzene rings is 2. The summed E-state index contributed by atoms with van der Waals surface area (Å²) < 4.78 is 14.8. The highest BCUT2D eigenvalue weighted by molar-refractivity contribution is 7.99. The Kier molecular flexibility index (Phi) is 8.24. The van der Waals surface area contributed by atoms with E-state index in [0.29, 0.717) is 29.3 Å². The Morgan fingerprint density at radius 2 is 1.86 bits per heavy atom. The fourth-order valence-corrected chi connectivity index (χ4v) is 4.29. The van der Waals surface area contributed by atoms with Gasteiger partial charge in [0.05, 0.1) is 4.70 Å². The molecule has 0 atom stereocenters. The molecule has 0 radical (unpaired) electrons. The quantitative estimate of drug-likeness (QED) is 0.475. The van der Waals surface area contributed by atoms with Crippen molar-refractivity contribution in [2.45, 2.75) is 11.8 Å². The van der Waals surface area contributed by atoms with Crippen LogP contribution >= 0.6 is 35.5 Å². The Labute approximate surface area is 179 Å². The molecule has 1 heterocycles. The number of hydrogen-bond donors (Lipinski definition) is 0. The van der Waals surface area contributed by atoms with E-state index in [1.165, 1.54) is 17.4 Å². The first-order valence-electron chi connectivity index (χ1n) is 8.74. The predicted octanol–water partition coefficient (Wildman–Crippen LogP) is 5.18. The summed E-state index contributed by atoms with van der Waals surface area (Å²) in [4.78, 5) is 22.4. The first-order chi connectivity index (χ1) is 13.0. The molecule has 4 nitrogen and oxygen atoms in total. The second kappa shape index (κ2) is 10.2. The van der Waals surface area contributed by atoms with Gasteiger partial charge in [-0.1, -0.05) is 24.3 Å². The largest absolute Gasteiger partial charge is 0.308 e. The molecule has 0 unspecified atom stereocenters. The third-order valence-corrected chi connectivity index (χ3v) is 5.96. The van der Waals surface area contributed by atoms with E-state index in [4.69, 9.17) is 0 Å². The van der Waals surface area contributed by atoms with Gasteiger partial charge in [-0.2, -0.15) is 0 Å². The highest BCUT2D eigenvalue weighted by Crippen LogP contribution is 2.31. The second-order valence-electron chi connectivity index (χ2n) is 6.30. The van der Waals surface area contributed by atoms with Gasteiger partial charge in [0.2, 0.25) is 0 Å². The van der Waals surface area contributed by atoms with Gasteiger partial charge in [0.15, 0.2) is 5.13 Å². The van der Waals surface area contributed by atoms with Crippen LogP contribution in [0.2, 0.25) is 0 Å². The first kappa shape index (κ1) is 22.6. The lowest BCUT2D eigenvalue weighted by molar-refractivity contribution is 0.0985. The van der Waals surface area contributed by atoms with E-state index in [1.54, 1.807) is 22.7 Å². The van der Waals surface area contributed by atoms with E-state index >= 15 is 0 Å². The first-order valence-corrected chi connectivity index (χ1v) is 10.5. The standard InChI is InChI=1S/C20H22FN3OS2.ClH/c1-4-26-15-10-8-14(9-11-15)19(25)24(13-12-23(2)3)20-22-18-16(21)6-5-7-17(18)27-20;/h5-11H,4,12-13H2,1-3H3;1H. The molecule has 3 rings (SSSR count). The minimum Gasteiger partial charge on any atom is -0.308 e. The second-order valence-corrected chi connectivity index (χ2v) is 8.65. The maximum atomic E-state index is 14.0. The van der Waals surface area contributed by atoms with Crippen molar-refractivity contribution in [3.63, 3.8) is 0 Å². The van der Waals surface area contributed by atoms with Gasteiger partial charge >= 0.3 is 0 Å². The Bertz CT molecular complexity index is 931. The fourth-order valence-electron chi connectivity index (χ4n) is 2.62. The Balaban J connectivity index is 0.00000280. The molecule has 0 fully saturated rings. The number of halogens is 2. The maximum Gasteiger partial charge on any atom is 0.260 e. The normalized spacial score (nSPS) is 10.9. The molecule has 150 valence electrons. The SMILES string of the molecule is CCSc1ccc(C(=O)N(CCN(C)C)c2nc3c(F)cccc3s2)cc1.Cl. The zero-order chi connectivity index (χ0) is 19.4. The van der Waals surface area contributed by atoms with E-state index in [2.05, 4.69) is 11.9 Å². The lowest BCUT2D eigenvalue weighted by atomic mass is 10.2. The average molecular weight is 440 g/mol. The lowest BCUT2D eigenvalue weighted by Gasteiger charge is -2.22. The minimum atomic E-state index is -0.365. The number of hydrogen-bond acceptors (Lipinski definition) is 5. The highest BCUT2D eigenvalue weighted by Gasteiger charge is 2.22. The number of rotatable bonds is 7. The van der Waals surface area contributed by atoms with Gasteiger partial charge in [0.1, 0.15) is 11.3 Å². The molecule has 2 aromatic carbocycles. The van der Waals surface area contributed by atoms with Crippen LogP contribution < -0.4 is 4.90 Å². The Hall–Kier alpha value is -1.67. The molecule has 0 saturated heterocycles. The number of nitrogens with zero attached hydrogens (tertiary/aromatic N) is 3. The van der Waals surface area contributed by atoms with Crippen LogP contribution in [0.3, 0.4) is 0 Å². The van der Waals surface area contributed by atoms with Crippen LogP contribution in [0.25, 0.3) is 10.2 Å². The summed E-state index contributed by atoms with van der Waals surface area (Å²) in [5, 5.41) is 0.522. The number of aromatic nitrogens is 1. The molecule has 0 aliphatic heterocycles. The van der Waals surface area contributed by atoms with Gasteiger partial charge in [-0.25, -0.2) is 9.37 Å². The van der Waals surface area contributed by atoms with E-state index in [0.717, 1.165) is 15.3 Å². The zero-order valence-corrected chi connectivity index (χ0v) is 18.5. The summed E-state index contributed by atoms with van der Waals surface area (Å²) in [6.07, 6.45) is 0. The third-order valence-electron chi connectivity index (χ3n) is 4.02. The number of amides is 1. The summed E-state index contributed by atoms with van der Waals surface area (Å²) in [5.41, 5.74) is 0.920. The highest BCUT2D eigenvalue weighted by atomic mass is 35.5. The fraction of sp³-hybridized carbons (Fsp3) is 0.300. The average Bonchev–Trinajstić information content (AvgIpc) is 3.08. The molecular formula is C20H23ClFN3OS2. The van der Waals surface area contributed by atoms with Gasteiger partial charge in [-0.05, 0) is 56.2 Å². The molecule has 1 aromatic heterocycles. The van der Waals surface area contributed by atoms with Gasteiger partial charge < -0.3 is 4.90 Å². The number of anilines is 1. The van der Waals surface area contributed by atoms with Crippen molar-refractivity contribution in [1.82, 2.24) is 9.88 Å². The smallest absolute Gasteiger partial charge is 0.260 e. The number of para-hydroxylation sites is 1. The lowest BCUT2D eigenvalue weighted by Crippen LogP contribution is -2.36. The molecule has 1 amide bonds. The monoisotopic (exact) mass is 439 g/mol. The summed E-state index contributed by atoms with van der Waals surface area (Å²) in [6.45, 7) is 3.27. The van der Waals surface area contributed by atoms with Crippen LogP contribution in [0.1, 0.15) is 17.3 Å². The number of carbonyl (C=O) groups excluding carboxylic acids is 1. The van der Waals surface area contributed by atoms with Gasteiger partial charge in [0, 0.05) is 23.5 Å². The van der Waals surface area contributed by atoms with Crippen molar-refractivity contribution in [3.05, 3.63) is 53.8 Å². The number of fused-ring (bicyclic) bond motifs is 1. The van der Waals surface area contributed by atoms with Gasteiger partial charge in [-0.15, -0.1) is 24.2 Å². The zero-order valence-electron chi connectivity index (χ0n) is 16.0. The summed E-state index contributed by atoms with van der Waals surface area (Å²) >= 11 is 3.07. The molecule has 0 aliphatic rings. The van der Waals surface area contributed by atoms with E-state index in [1.807, 2.05) is 49.3 Å². The molecule has 28 heavy (non-hydrogen) atoms. The van der Waals surface area contributed by atoms with Gasteiger partial charge in [0.25, 0.3) is 5.91 Å². The van der Waals surface area contributed by atoms with Crippen LogP contribution in [-0.2, 0) is 0 Å². The van der Waals surface area contributed by atoms with Crippen LogP contribution in [-0.4, -0.2) is 48.7 Å². The molecule has 0 saturated carbocycles. The predicted molar refractivity (Wildman–Crippen MR) is 120 cm³/mol. The molecule has 0 bridgehead atoms. The van der Waals surface area contributed by atoms with Crippen molar-refractivity contribution in [3.8, 4) is 0 Å². The maximum absolute atomic E-state index is 14.0. The molecule has 0 N–H and O–H groups in total. The van der Waals surface area contributed by atoms with Crippen molar-refractivity contribution >= 4 is 56.8 Å². The Morgan fingerprint density at radius 1 is 1.14 bits per heavy atom. The number of likely N-dealkylation sites (N-methyl/N-ethyl adjacent to an activating group) is 1. The third kappa shape index (κ3) is 5.23. The summed E-state index contributed by atoms with van der Waals surface area (Å²) in [5.74, 6) is 0.500. The minimum absolute atomic E-state index is 0. The number of carbonyl (C=O) groups is 1. The molecule has 3 aromatic rings. The van der Waals surface area contributed by atoms with Crippen LogP contribution in [0.15, 0.2) is 47.4 Å². The topological polar surface area (TPSA) is 36.4 Å². The van der Waals surface area contributed by atoms with E-state index < -0.39 is 0 Å². The van der Waals surface area contributed by atoms with Crippen LogP contribution in [0, 0.1) is 5.82 Å². The van der Waals surface area contributed by atoms with E-state index in [9.17, 15) is 9.18 Å².